The van der Waals surface area contributed by atoms with Gasteiger partial charge in [-0.05, 0) is 37.6 Å². The van der Waals surface area contributed by atoms with Crippen molar-refractivity contribution < 1.29 is 14.3 Å². The number of ether oxygens (including phenoxy) is 1. The molecule has 1 aromatic carbocycles. The number of hydrogen-bond acceptors (Lipinski definition) is 3. The van der Waals surface area contributed by atoms with Gasteiger partial charge in [-0.3, -0.25) is 9.59 Å². The molecule has 0 radical (unpaired) electrons. The minimum Gasteiger partial charge on any atom is -0.466 e. The lowest BCUT2D eigenvalue weighted by Gasteiger charge is -2.07. The van der Waals surface area contributed by atoms with E-state index >= 15 is 0 Å². The predicted octanol–water partition coefficient (Wildman–Crippen LogP) is 3.04. The van der Waals surface area contributed by atoms with E-state index in [1.807, 2.05) is 19.1 Å². The Morgan fingerprint density at radius 2 is 2.06 bits per heavy atom. The van der Waals surface area contributed by atoms with E-state index in [4.69, 9.17) is 4.74 Å². The third kappa shape index (κ3) is 4.87. The lowest BCUT2D eigenvalue weighted by Crippen LogP contribution is -2.14. The third-order valence-corrected chi connectivity index (χ3v) is 3.19. The van der Waals surface area contributed by atoms with Gasteiger partial charge in [0.2, 0.25) is 5.91 Å². The molecule has 0 saturated carbocycles. The average Bonchev–Trinajstić information content (AvgIpc) is 2.32. The Hall–Kier alpha value is -1.36. The zero-order chi connectivity index (χ0) is 13.5. The normalized spacial score (nSPS) is 9.94. The van der Waals surface area contributed by atoms with Crippen molar-refractivity contribution in [3.63, 3.8) is 0 Å². The van der Waals surface area contributed by atoms with Gasteiger partial charge < -0.3 is 10.1 Å². The van der Waals surface area contributed by atoms with Gasteiger partial charge in [0.1, 0.15) is 0 Å². The molecule has 98 valence electrons. The fraction of sp³-hybridized carbons (Fsp3) is 0.385. The van der Waals surface area contributed by atoms with E-state index in [1.54, 1.807) is 13.0 Å². The fourth-order valence-corrected chi connectivity index (χ4v) is 1.64. The molecule has 1 rings (SSSR count). The number of hydrogen-bond donors (Lipinski definition) is 1. The number of carbonyl (C=O) groups excluding carboxylic acids is 2. The molecule has 5 heteroatoms. The number of esters is 1. The number of rotatable bonds is 5. The second-order valence-corrected chi connectivity index (χ2v) is 4.67. The van der Waals surface area contributed by atoms with Crippen molar-refractivity contribution in [1.82, 2.24) is 0 Å². The molecule has 1 aromatic rings. The number of nitrogens with one attached hydrogen (secondary N) is 1. The van der Waals surface area contributed by atoms with Crippen LogP contribution < -0.4 is 5.32 Å². The van der Waals surface area contributed by atoms with Crippen molar-refractivity contribution >= 4 is 33.5 Å². The lowest BCUT2D eigenvalue weighted by molar-refractivity contribution is -0.144. The number of amides is 1. The molecule has 0 aromatic heterocycles. The van der Waals surface area contributed by atoms with Crippen LogP contribution in [-0.2, 0) is 14.3 Å². The molecule has 0 aliphatic rings. The molecule has 0 atom stereocenters. The van der Waals surface area contributed by atoms with Crippen LogP contribution in [0.5, 0.6) is 0 Å². The summed E-state index contributed by atoms with van der Waals surface area (Å²) >= 11 is 3.39. The van der Waals surface area contributed by atoms with Crippen molar-refractivity contribution in [1.29, 1.82) is 0 Å². The monoisotopic (exact) mass is 313 g/mol. The zero-order valence-corrected chi connectivity index (χ0v) is 12.0. The molecule has 0 saturated heterocycles. The van der Waals surface area contributed by atoms with Crippen LogP contribution >= 0.6 is 15.9 Å². The molecule has 0 heterocycles. The summed E-state index contributed by atoms with van der Waals surface area (Å²) in [5, 5.41) is 2.74. The standard InChI is InChI=1S/C13H16BrNO3/c1-3-18-13(17)7-6-12(16)15-10-4-5-11(14)9(2)8-10/h4-5,8H,3,6-7H2,1-2H3,(H,15,16). The SMILES string of the molecule is CCOC(=O)CCC(=O)Nc1ccc(Br)c(C)c1. The molecule has 4 nitrogen and oxygen atoms in total. The van der Waals surface area contributed by atoms with Gasteiger partial charge in [0.05, 0.1) is 13.0 Å². The maximum absolute atomic E-state index is 11.6. The molecule has 0 spiro atoms. The summed E-state index contributed by atoms with van der Waals surface area (Å²) in [4.78, 5) is 22.7. The predicted molar refractivity (Wildman–Crippen MR) is 73.4 cm³/mol. The van der Waals surface area contributed by atoms with E-state index in [9.17, 15) is 9.59 Å². The topological polar surface area (TPSA) is 55.4 Å². The minimum atomic E-state index is -0.348. The lowest BCUT2D eigenvalue weighted by atomic mass is 10.2. The van der Waals surface area contributed by atoms with Crippen molar-refractivity contribution in [3.8, 4) is 0 Å². The first-order valence-corrected chi connectivity index (χ1v) is 6.54. The van der Waals surface area contributed by atoms with Crippen LogP contribution in [-0.4, -0.2) is 18.5 Å². The van der Waals surface area contributed by atoms with Crippen LogP contribution in [0.25, 0.3) is 0 Å². The van der Waals surface area contributed by atoms with E-state index in [1.165, 1.54) is 0 Å². The number of carbonyl (C=O) groups is 2. The first-order chi connectivity index (χ1) is 8.52. The van der Waals surface area contributed by atoms with Gasteiger partial charge in [-0.1, -0.05) is 15.9 Å². The van der Waals surface area contributed by atoms with Crippen LogP contribution in [0.4, 0.5) is 5.69 Å². The fourth-order valence-electron chi connectivity index (χ4n) is 1.39. The van der Waals surface area contributed by atoms with E-state index in [0.717, 1.165) is 15.7 Å². The van der Waals surface area contributed by atoms with E-state index < -0.39 is 0 Å². The summed E-state index contributed by atoms with van der Waals surface area (Å²) in [6.07, 6.45) is 0.239. The second kappa shape index (κ2) is 7.16. The van der Waals surface area contributed by atoms with E-state index in [-0.39, 0.29) is 24.7 Å². The Morgan fingerprint density at radius 1 is 1.33 bits per heavy atom. The highest BCUT2D eigenvalue weighted by Gasteiger charge is 2.08. The first-order valence-electron chi connectivity index (χ1n) is 5.74. The molecule has 0 unspecified atom stereocenters. The van der Waals surface area contributed by atoms with Gasteiger partial charge in [-0.25, -0.2) is 0 Å². The first kappa shape index (κ1) is 14.7. The van der Waals surface area contributed by atoms with Gasteiger partial charge in [0.25, 0.3) is 0 Å². The van der Waals surface area contributed by atoms with Crippen LogP contribution in [0.3, 0.4) is 0 Å². The minimum absolute atomic E-state index is 0.106. The molecule has 0 fully saturated rings. The van der Waals surface area contributed by atoms with Crippen molar-refractivity contribution in [2.75, 3.05) is 11.9 Å². The quantitative estimate of drug-likeness (QED) is 0.850. The molecule has 18 heavy (non-hydrogen) atoms. The van der Waals surface area contributed by atoms with Gasteiger partial charge in [0, 0.05) is 16.6 Å². The molecule has 0 aliphatic carbocycles. The molecule has 1 amide bonds. The number of halogens is 1. The number of aryl methyl sites for hydroxylation is 1. The molecular formula is C13H16BrNO3. The van der Waals surface area contributed by atoms with Crippen LogP contribution in [0.1, 0.15) is 25.3 Å². The van der Waals surface area contributed by atoms with Crippen LogP contribution in [0.15, 0.2) is 22.7 Å². The second-order valence-electron chi connectivity index (χ2n) is 3.82. The van der Waals surface area contributed by atoms with Crippen molar-refractivity contribution in [2.45, 2.75) is 26.7 Å². The molecule has 1 N–H and O–H groups in total. The Bertz CT molecular complexity index is 446. The molecule has 0 bridgehead atoms. The van der Waals surface area contributed by atoms with Crippen molar-refractivity contribution in [3.05, 3.63) is 28.2 Å². The zero-order valence-electron chi connectivity index (χ0n) is 10.5. The van der Waals surface area contributed by atoms with Crippen molar-refractivity contribution in [2.24, 2.45) is 0 Å². The van der Waals surface area contributed by atoms with Gasteiger partial charge in [-0.15, -0.1) is 0 Å². The number of benzene rings is 1. The largest absolute Gasteiger partial charge is 0.466 e. The van der Waals surface area contributed by atoms with E-state index in [0.29, 0.717) is 6.61 Å². The summed E-state index contributed by atoms with van der Waals surface area (Å²) in [7, 11) is 0. The Balaban J connectivity index is 2.44. The highest BCUT2D eigenvalue weighted by molar-refractivity contribution is 9.10. The Labute approximate surface area is 115 Å². The van der Waals surface area contributed by atoms with Gasteiger partial charge in [0.15, 0.2) is 0 Å². The highest BCUT2D eigenvalue weighted by atomic mass is 79.9. The van der Waals surface area contributed by atoms with E-state index in [2.05, 4.69) is 21.2 Å². The third-order valence-electron chi connectivity index (χ3n) is 2.30. The maximum atomic E-state index is 11.6. The summed E-state index contributed by atoms with van der Waals surface area (Å²) < 4.78 is 5.74. The summed E-state index contributed by atoms with van der Waals surface area (Å²) in [6, 6.07) is 5.54. The molecular weight excluding hydrogens is 298 g/mol. The summed E-state index contributed by atoms with van der Waals surface area (Å²) in [5.41, 5.74) is 1.77. The highest BCUT2D eigenvalue weighted by Crippen LogP contribution is 2.20. The van der Waals surface area contributed by atoms with Crippen LogP contribution in [0, 0.1) is 6.92 Å². The number of anilines is 1. The Kier molecular flexibility index (Phi) is 5.85. The smallest absolute Gasteiger partial charge is 0.306 e. The van der Waals surface area contributed by atoms with Gasteiger partial charge in [-0.2, -0.15) is 0 Å². The summed E-state index contributed by atoms with van der Waals surface area (Å²) in [6.45, 7) is 4.02. The summed E-state index contributed by atoms with van der Waals surface area (Å²) in [5.74, 6) is -0.538. The Morgan fingerprint density at radius 3 is 2.67 bits per heavy atom. The maximum Gasteiger partial charge on any atom is 0.306 e. The van der Waals surface area contributed by atoms with Gasteiger partial charge >= 0.3 is 5.97 Å². The molecule has 0 aliphatic heterocycles. The average molecular weight is 314 g/mol. The van der Waals surface area contributed by atoms with Crippen LogP contribution in [0.2, 0.25) is 0 Å².